The molecule has 2 aromatic rings. The molecule has 0 spiro atoms. The lowest BCUT2D eigenvalue weighted by atomic mass is 10.2. The molecule has 4 nitrogen and oxygen atoms in total. The molecule has 0 aliphatic carbocycles. The Morgan fingerprint density at radius 3 is 1.82 bits per heavy atom. The molecular weight excluding hydrogens is 319 g/mol. The van der Waals surface area contributed by atoms with Gasteiger partial charge in [0.05, 0.1) is 22.3 Å². The summed E-state index contributed by atoms with van der Waals surface area (Å²) in [4.78, 5) is 3.18. The minimum atomic E-state index is 0. The summed E-state index contributed by atoms with van der Waals surface area (Å²) >= 11 is 11.3. The van der Waals surface area contributed by atoms with Crippen LogP contribution in [0.5, 0.6) is 0 Å². The van der Waals surface area contributed by atoms with Crippen LogP contribution in [0.1, 0.15) is 20.4 Å². The number of hydrogen-bond donors (Lipinski definition) is 3. The molecule has 0 aliphatic heterocycles. The van der Waals surface area contributed by atoms with Crippen molar-refractivity contribution in [3.8, 4) is 0 Å². The Kier molecular flexibility index (Phi) is 10.9. The summed E-state index contributed by atoms with van der Waals surface area (Å²) < 4.78 is 0. The van der Waals surface area contributed by atoms with Gasteiger partial charge in [-0.25, -0.2) is 4.85 Å². The van der Waals surface area contributed by atoms with Crippen molar-refractivity contribution in [2.75, 3.05) is 11.5 Å². The van der Waals surface area contributed by atoms with E-state index in [4.69, 9.17) is 47.0 Å². The highest BCUT2D eigenvalue weighted by molar-refractivity contribution is 6.33. The summed E-state index contributed by atoms with van der Waals surface area (Å²) in [6.45, 7) is 7.14. The standard InChI is InChI=1S/C7H5ClN2.C7H9ClN2.2CH4/c1-10-5-2-3-7(9)6(8)4-5;8-6-3-5(4-9)1-2-7(6)10;;/h2-4H,9H2;1-3H,4,9-10H2;2*1H4. The molecule has 0 aliphatic rings. The number of anilines is 2. The van der Waals surface area contributed by atoms with Crippen molar-refractivity contribution in [2.24, 2.45) is 5.73 Å². The summed E-state index contributed by atoms with van der Waals surface area (Å²) in [6.07, 6.45) is 0. The summed E-state index contributed by atoms with van der Waals surface area (Å²) in [5.41, 5.74) is 18.9. The summed E-state index contributed by atoms with van der Waals surface area (Å²) in [5, 5.41) is 1.01. The average molecular weight is 341 g/mol. The van der Waals surface area contributed by atoms with Gasteiger partial charge in [-0.3, -0.25) is 0 Å². The van der Waals surface area contributed by atoms with Gasteiger partial charge in [-0.1, -0.05) is 50.2 Å². The Labute approximate surface area is 142 Å². The van der Waals surface area contributed by atoms with Gasteiger partial charge in [-0.05, 0) is 29.8 Å². The van der Waals surface area contributed by atoms with Gasteiger partial charge < -0.3 is 17.2 Å². The molecule has 2 rings (SSSR count). The third kappa shape index (κ3) is 6.68. The Morgan fingerprint density at radius 1 is 0.909 bits per heavy atom. The van der Waals surface area contributed by atoms with Crippen LogP contribution >= 0.6 is 23.2 Å². The maximum atomic E-state index is 6.64. The highest BCUT2D eigenvalue weighted by atomic mass is 35.5. The van der Waals surface area contributed by atoms with Gasteiger partial charge >= 0.3 is 0 Å². The van der Waals surface area contributed by atoms with E-state index in [9.17, 15) is 0 Å². The molecule has 22 heavy (non-hydrogen) atoms. The summed E-state index contributed by atoms with van der Waals surface area (Å²) in [6, 6.07) is 10.2. The van der Waals surface area contributed by atoms with E-state index in [1.54, 1.807) is 30.3 Å². The van der Waals surface area contributed by atoms with Crippen LogP contribution in [0.25, 0.3) is 4.85 Å². The SMILES string of the molecule is C.C.NCc1ccc(N)c(Cl)c1.[C-]#[N+]c1ccc(N)c(Cl)c1. The van der Waals surface area contributed by atoms with Gasteiger partial charge in [-0.15, -0.1) is 0 Å². The fourth-order valence-corrected chi connectivity index (χ4v) is 1.66. The van der Waals surface area contributed by atoms with Crippen molar-refractivity contribution >= 4 is 40.3 Å². The second-order valence-electron chi connectivity index (χ2n) is 3.88. The van der Waals surface area contributed by atoms with Crippen molar-refractivity contribution in [2.45, 2.75) is 21.4 Å². The predicted molar refractivity (Wildman–Crippen MR) is 99.3 cm³/mol. The first-order valence-corrected chi connectivity index (χ1v) is 6.40. The molecular formula is C16H22Cl2N4. The quantitative estimate of drug-likeness (QED) is 0.497. The first kappa shape index (κ1) is 22.4. The van der Waals surface area contributed by atoms with Crippen LogP contribution in [0.4, 0.5) is 17.1 Å². The molecule has 0 unspecified atom stereocenters. The fourth-order valence-electron chi connectivity index (χ4n) is 1.28. The molecule has 0 radical (unpaired) electrons. The zero-order valence-electron chi connectivity index (χ0n) is 10.6. The van der Waals surface area contributed by atoms with Crippen LogP contribution < -0.4 is 17.2 Å². The van der Waals surface area contributed by atoms with Gasteiger partial charge in [0.1, 0.15) is 0 Å². The monoisotopic (exact) mass is 340 g/mol. The van der Waals surface area contributed by atoms with Gasteiger partial charge in [0.2, 0.25) is 0 Å². The van der Waals surface area contributed by atoms with Gasteiger partial charge in [0, 0.05) is 12.2 Å². The topological polar surface area (TPSA) is 82.4 Å². The Balaban J connectivity index is 0. The minimum absolute atomic E-state index is 0. The van der Waals surface area contributed by atoms with Gasteiger partial charge in [0.15, 0.2) is 5.69 Å². The molecule has 6 heteroatoms. The highest BCUT2D eigenvalue weighted by Crippen LogP contribution is 2.24. The highest BCUT2D eigenvalue weighted by Gasteiger charge is 1.96. The maximum absolute atomic E-state index is 6.64. The van der Waals surface area contributed by atoms with Crippen molar-refractivity contribution in [1.29, 1.82) is 0 Å². The van der Waals surface area contributed by atoms with E-state index in [0.717, 1.165) is 5.56 Å². The van der Waals surface area contributed by atoms with Crippen molar-refractivity contribution in [3.05, 3.63) is 63.4 Å². The molecule has 6 N–H and O–H groups in total. The Morgan fingerprint density at radius 2 is 1.41 bits per heavy atom. The lowest BCUT2D eigenvalue weighted by Gasteiger charge is -1.99. The van der Waals surface area contributed by atoms with E-state index in [1.807, 2.05) is 6.07 Å². The fraction of sp³-hybridized carbons (Fsp3) is 0.188. The minimum Gasteiger partial charge on any atom is -0.398 e. The molecule has 0 atom stereocenters. The molecule has 2 aromatic carbocycles. The van der Waals surface area contributed by atoms with Gasteiger partial charge in [-0.2, -0.15) is 0 Å². The second-order valence-corrected chi connectivity index (χ2v) is 4.69. The second kappa shape index (κ2) is 10.7. The molecule has 0 heterocycles. The van der Waals surface area contributed by atoms with Crippen LogP contribution in [0, 0.1) is 6.57 Å². The van der Waals surface area contributed by atoms with Crippen molar-refractivity contribution < 1.29 is 0 Å². The summed E-state index contributed by atoms with van der Waals surface area (Å²) in [7, 11) is 0. The molecule has 120 valence electrons. The van der Waals surface area contributed by atoms with Crippen LogP contribution in [0.3, 0.4) is 0 Å². The number of nitrogens with two attached hydrogens (primary N) is 3. The van der Waals surface area contributed by atoms with E-state index in [1.165, 1.54) is 0 Å². The molecule has 0 bridgehead atoms. The first-order chi connectivity index (χ1) is 9.47. The number of rotatable bonds is 1. The molecule has 0 fully saturated rings. The lowest BCUT2D eigenvalue weighted by molar-refractivity contribution is 1.07. The number of benzene rings is 2. The molecule has 0 saturated carbocycles. The van der Waals surface area contributed by atoms with Crippen LogP contribution in [-0.4, -0.2) is 0 Å². The molecule has 0 saturated heterocycles. The van der Waals surface area contributed by atoms with E-state index >= 15 is 0 Å². The number of nitrogens with zero attached hydrogens (tertiary/aromatic N) is 1. The van der Waals surface area contributed by atoms with Crippen molar-refractivity contribution in [1.82, 2.24) is 0 Å². The zero-order chi connectivity index (χ0) is 15.1. The first-order valence-electron chi connectivity index (χ1n) is 5.64. The predicted octanol–water partition coefficient (Wildman–Crippen LogP) is 5.13. The number of hydrogen-bond acceptors (Lipinski definition) is 3. The zero-order valence-corrected chi connectivity index (χ0v) is 12.1. The molecule has 0 amide bonds. The summed E-state index contributed by atoms with van der Waals surface area (Å²) in [5.74, 6) is 0. The number of halogens is 2. The van der Waals surface area contributed by atoms with E-state index < -0.39 is 0 Å². The van der Waals surface area contributed by atoms with E-state index in [0.29, 0.717) is 33.7 Å². The van der Waals surface area contributed by atoms with Crippen LogP contribution in [0.2, 0.25) is 10.0 Å². The maximum Gasteiger partial charge on any atom is 0.188 e. The largest absolute Gasteiger partial charge is 0.398 e. The third-order valence-corrected chi connectivity index (χ3v) is 3.07. The van der Waals surface area contributed by atoms with Crippen LogP contribution in [0.15, 0.2) is 36.4 Å². The average Bonchev–Trinajstić information content (AvgIpc) is 2.45. The lowest BCUT2D eigenvalue weighted by Crippen LogP contribution is -1.96. The van der Waals surface area contributed by atoms with Crippen molar-refractivity contribution in [3.63, 3.8) is 0 Å². The smallest absolute Gasteiger partial charge is 0.188 e. The van der Waals surface area contributed by atoms with Crippen LogP contribution in [-0.2, 0) is 6.54 Å². The Hall–Kier alpha value is -1.93. The van der Waals surface area contributed by atoms with E-state index in [2.05, 4.69) is 4.85 Å². The normalized spacial score (nSPS) is 8.45. The Bertz CT molecular complexity index is 637. The molecule has 0 aromatic heterocycles. The number of nitrogen functional groups attached to an aromatic ring is 2. The third-order valence-electron chi connectivity index (χ3n) is 2.41. The van der Waals surface area contributed by atoms with E-state index in [-0.39, 0.29) is 14.9 Å². The van der Waals surface area contributed by atoms with Gasteiger partial charge in [0.25, 0.3) is 0 Å².